The summed E-state index contributed by atoms with van der Waals surface area (Å²) >= 11 is 0. The Labute approximate surface area is 126 Å². The van der Waals surface area contributed by atoms with E-state index in [1.807, 2.05) is 12.1 Å². The van der Waals surface area contributed by atoms with Gasteiger partial charge >= 0.3 is 0 Å². The Bertz CT molecular complexity index is 618. The van der Waals surface area contributed by atoms with Crippen LogP contribution in [0.3, 0.4) is 0 Å². The van der Waals surface area contributed by atoms with Crippen molar-refractivity contribution in [1.29, 1.82) is 0 Å². The molecule has 0 spiro atoms. The molecule has 2 N–H and O–H groups in total. The maximum absolute atomic E-state index is 10.2. The molecular weight excluding hydrogens is 262 g/mol. The summed E-state index contributed by atoms with van der Waals surface area (Å²) in [5, 5.41) is 21.7. The number of fused-ring (bicyclic) bond motifs is 1. The predicted molar refractivity (Wildman–Crippen MR) is 89.5 cm³/mol. The largest absolute Gasteiger partial charge is 0.504 e. The van der Waals surface area contributed by atoms with Gasteiger partial charge < -0.3 is 15.1 Å². The number of phenolic OH excluding ortho intramolecular Hbond substituents is 2. The molecule has 3 nitrogen and oxygen atoms in total. The number of hydrogen-bond acceptors (Lipinski definition) is 3. The lowest BCUT2D eigenvalue weighted by atomic mass is 9.99. The maximum Gasteiger partial charge on any atom is 0.165 e. The number of aromatic hydroxyl groups is 2. The van der Waals surface area contributed by atoms with Gasteiger partial charge in [0.25, 0.3) is 0 Å². The van der Waals surface area contributed by atoms with Gasteiger partial charge in [0.2, 0.25) is 0 Å². The van der Waals surface area contributed by atoms with Crippen LogP contribution in [0.5, 0.6) is 11.5 Å². The lowest BCUT2D eigenvalue weighted by Crippen LogP contribution is -2.22. The quantitative estimate of drug-likeness (QED) is 0.772. The third kappa shape index (κ3) is 3.07. The first-order valence-corrected chi connectivity index (χ1v) is 7.84. The number of nitrogens with zero attached hydrogens (tertiary/aromatic N) is 1. The van der Waals surface area contributed by atoms with E-state index in [2.05, 4.69) is 31.7 Å². The van der Waals surface area contributed by atoms with Crippen LogP contribution in [0.2, 0.25) is 0 Å². The molecule has 2 aromatic carbocycles. The van der Waals surface area contributed by atoms with Crippen molar-refractivity contribution < 1.29 is 10.2 Å². The van der Waals surface area contributed by atoms with Crippen LogP contribution in [-0.4, -0.2) is 23.3 Å². The Hall–Kier alpha value is -1.90. The first-order valence-electron chi connectivity index (χ1n) is 7.84. The second-order valence-electron chi connectivity index (χ2n) is 5.42. The van der Waals surface area contributed by atoms with Crippen molar-refractivity contribution in [2.24, 2.45) is 0 Å². The van der Waals surface area contributed by atoms with E-state index in [1.54, 1.807) is 6.07 Å². The number of anilines is 1. The first kappa shape index (κ1) is 15.5. The molecule has 0 radical (unpaired) electrons. The van der Waals surface area contributed by atoms with Gasteiger partial charge in [-0.15, -0.1) is 0 Å². The Balaban J connectivity index is 2.65. The van der Waals surface area contributed by atoms with Crippen molar-refractivity contribution in [3.63, 3.8) is 0 Å². The highest BCUT2D eigenvalue weighted by Crippen LogP contribution is 2.39. The van der Waals surface area contributed by atoms with Gasteiger partial charge in [-0.25, -0.2) is 0 Å². The van der Waals surface area contributed by atoms with Gasteiger partial charge in [0.15, 0.2) is 11.5 Å². The zero-order valence-electron chi connectivity index (χ0n) is 13.2. The minimum absolute atomic E-state index is 0.0146. The SMILES string of the molecule is CCCCc1cc(N(CC)CC)c2ccc(O)c(O)c2c1. The van der Waals surface area contributed by atoms with Crippen molar-refractivity contribution >= 4 is 16.5 Å². The highest BCUT2D eigenvalue weighted by Gasteiger charge is 2.13. The third-order valence-electron chi connectivity index (χ3n) is 4.05. The maximum atomic E-state index is 10.2. The number of phenols is 2. The Morgan fingerprint density at radius 2 is 1.67 bits per heavy atom. The number of hydrogen-bond donors (Lipinski definition) is 2. The molecule has 2 rings (SSSR count). The van der Waals surface area contributed by atoms with E-state index < -0.39 is 0 Å². The minimum Gasteiger partial charge on any atom is -0.504 e. The Morgan fingerprint density at radius 3 is 2.29 bits per heavy atom. The van der Waals surface area contributed by atoms with Crippen LogP contribution in [-0.2, 0) is 6.42 Å². The van der Waals surface area contributed by atoms with E-state index in [0.717, 1.165) is 48.8 Å². The second-order valence-corrected chi connectivity index (χ2v) is 5.42. The van der Waals surface area contributed by atoms with E-state index in [1.165, 1.54) is 5.56 Å². The molecule has 0 fully saturated rings. The van der Waals surface area contributed by atoms with E-state index in [0.29, 0.717) is 0 Å². The van der Waals surface area contributed by atoms with Crippen LogP contribution in [0.15, 0.2) is 24.3 Å². The van der Waals surface area contributed by atoms with Crippen LogP contribution >= 0.6 is 0 Å². The van der Waals surface area contributed by atoms with Gasteiger partial charge in [0.05, 0.1) is 0 Å². The predicted octanol–water partition coefficient (Wildman–Crippen LogP) is 4.44. The van der Waals surface area contributed by atoms with E-state index in [-0.39, 0.29) is 11.5 Å². The molecule has 0 saturated carbocycles. The van der Waals surface area contributed by atoms with Crippen molar-refractivity contribution in [1.82, 2.24) is 0 Å². The Kier molecular flexibility index (Phi) is 4.94. The Morgan fingerprint density at radius 1 is 0.952 bits per heavy atom. The number of unbranched alkanes of at least 4 members (excludes halogenated alkanes) is 1. The molecule has 0 aromatic heterocycles. The van der Waals surface area contributed by atoms with Crippen LogP contribution in [0.25, 0.3) is 10.8 Å². The monoisotopic (exact) mass is 287 g/mol. The summed E-state index contributed by atoms with van der Waals surface area (Å²) in [6.45, 7) is 8.28. The summed E-state index contributed by atoms with van der Waals surface area (Å²) in [7, 11) is 0. The first-order chi connectivity index (χ1) is 10.1. The summed E-state index contributed by atoms with van der Waals surface area (Å²) in [6.07, 6.45) is 3.27. The fourth-order valence-electron chi connectivity index (χ4n) is 2.80. The smallest absolute Gasteiger partial charge is 0.165 e. The fraction of sp³-hybridized carbons (Fsp3) is 0.444. The zero-order valence-corrected chi connectivity index (χ0v) is 13.2. The third-order valence-corrected chi connectivity index (χ3v) is 4.05. The molecule has 0 bridgehead atoms. The van der Waals surface area contributed by atoms with Gasteiger partial charge in [-0.2, -0.15) is 0 Å². The summed E-state index contributed by atoms with van der Waals surface area (Å²) in [4.78, 5) is 2.29. The molecule has 0 aliphatic rings. The van der Waals surface area contributed by atoms with Gasteiger partial charge in [-0.05, 0) is 56.5 Å². The molecule has 0 atom stereocenters. The van der Waals surface area contributed by atoms with E-state index in [9.17, 15) is 10.2 Å². The molecule has 21 heavy (non-hydrogen) atoms. The highest BCUT2D eigenvalue weighted by molar-refractivity contribution is 6.00. The van der Waals surface area contributed by atoms with E-state index in [4.69, 9.17) is 0 Å². The number of benzene rings is 2. The van der Waals surface area contributed by atoms with Crippen molar-refractivity contribution in [2.75, 3.05) is 18.0 Å². The lowest BCUT2D eigenvalue weighted by Gasteiger charge is -2.24. The standard InChI is InChI=1S/C18H25NO2/c1-4-7-8-13-11-15-14(9-10-17(20)18(15)21)16(12-13)19(5-2)6-3/h9-12,20-21H,4-8H2,1-3H3. The van der Waals surface area contributed by atoms with Gasteiger partial charge in [-0.3, -0.25) is 0 Å². The highest BCUT2D eigenvalue weighted by atomic mass is 16.3. The van der Waals surface area contributed by atoms with Crippen LogP contribution < -0.4 is 4.90 Å². The van der Waals surface area contributed by atoms with Crippen LogP contribution in [0, 0.1) is 0 Å². The minimum atomic E-state index is -0.0550. The van der Waals surface area contributed by atoms with Gasteiger partial charge in [0.1, 0.15) is 0 Å². The molecule has 0 heterocycles. The lowest BCUT2D eigenvalue weighted by molar-refractivity contribution is 0.408. The van der Waals surface area contributed by atoms with Crippen molar-refractivity contribution in [2.45, 2.75) is 40.0 Å². The zero-order chi connectivity index (χ0) is 15.4. The molecule has 0 amide bonds. The molecule has 114 valence electrons. The van der Waals surface area contributed by atoms with Crippen molar-refractivity contribution in [3.05, 3.63) is 29.8 Å². The average Bonchev–Trinajstić information content (AvgIpc) is 2.50. The topological polar surface area (TPSA) is 43.7 Å². The van der Waals surface area contributed by atoms with Crippen molar-refractivity contribution in [3.8, 4) is 11.5 Å². The number of aryl methyl sites for hydroxylation is 1. The summed E-state index contributed by atoms with van der Waals surface area (Å²) in [6, 6.07) is 7.69. The molecule has 0 unspecified atom stereocenters. The summed E-state index contributed by atoms with van der Waals surface area (Å²) < 4.78 is 0. The average molecular weight is 287 g/mol. The normalized spacial score (nSPS) is 11.0. The van der Waals surface area contributed by atoms with E-state index >= 15 is 0 Å². The molecule has 2 aromatic rings. The van der Waals surface area contributed by atoms with Crippen LogP contribution in [0.4, 0.5) is 5.69 Å². The second kappa shape index (κ2) is 6.70. The molecule has 0 aliphatic carbocycles. The van der Waals surface area contributed by atoms with Gasteiger partial charge in [-0.1, -0.05) is 13.3 Å². The molecule has 0 saturated heterocycles. The molecular formula is C18H25NO2. The number of rotatable bonds is 6. The summed E-state index contributed by atoms with van der Waals surface area (Å²) in [5.41, 5.74) is 2.35. The summed E-state index contributed by atoms with van der Waals surface area (Å²) in [5.74, 6) is -0.0695. The van der Waals surface area contributed by atoms with Crippen LogP contribution in [0.1, 0.15) is 39.2 Å². The molecule has 0 aliphatic heterocycles. The fourth-order valence-corrected chi connectivity index (χ4v) is 2.80. The molecule has 3 heteroatoms. The van der Waals surface area contributed by atoms with Gasteiger partial charge in [0, 0.05) is 29.5 Å².